The molecule has 1 aliphatic rings. The molecule has 0 spiro atoms. The van der Waals surface area contributed by atoms with Gasteiger partial charge in [-0.25, -0.2) is 13.1 Å². The van der Waals surface area contributed by atoms with Crippen molar-refractivity contribution in [1.82, 2.24) is 19.9 Å². The average molecular weight is 386 g/mol. The van der Waals surface area contributed by atoms with E-state index in [0.717, 1.165) is 18.4 Å². The van der Waals surface area contributed by atoms with Gasteiger partial charge in [-0.3, -0.25) is 0 Å². The molecule has 1 aliphatic carbocycles. The number of hydrogen-bond acceptors (Lipinski definition) is 5. The summed E-state index contributed by atoms with van der Waals surface area (Å²) in [6.07, 6.45) is 2.07. The first kappa shape index (κ1) is 17.9. The van der Waals surface area contributed by atoms with Crippen LogP contribution in [0.5, 0.6) is 0 Å². The fourth-order valence-electron chi connectivity index (χ4n) is 3.28. The Labute approximate surface area is 158 Å². The first-order valence-corrected chi connectivity index (χ1v) is 10.5. The molecule has 2 N–H and O–H groups in total. The largest absolute Gasteiger partial charge is 0.420 e. The zero-order valence-corrected chi connectivity index (χ0v) is 16.3. The molecule has 2 heterocycles. The number of benzene rings is 1. The van der Waals surface area contributed by atoms with Gasteiger partial charge in [0.2, 0.25) is 15.9 Å². The van der Waals surface area contributed by atoms with Crippen LogP contribution in [0.15, 0.2) is 39.6 Å². The summed E-state index contributed by atoms with van der Waals surface area (Å²) < 4.78 is 34.9. The van der Waals surface area contributed by atoms with Gasteiger partial charge in [0.05, 0.1) is 5.56 Å². The number of nitrogens with one attached hydrogen (secondary N) is 2. The second-order valence-corrected chi connectivity index (χ2v) is 8.70. The van der Waals surface area contributed by atoms with Crippen LogP contribution in [0.3, 0.4) is 0 Å². The minimum Gasteiger partial charge on any atom is -0.420 e. The van der Waals surface area contributed by atoms with E-state index in [2.05, 4.69) is 19.9 Å². The van der Waals surface area contributed by atoms with Crippen molar-refractivity contribution < 1.29 is 12.8 Å². The summed E-state index contributed by atoms with van der Waals surface area (Å²) >= 11 is 0. The number of sulfonamides is 1. The predicted octanol–water partition coefficient (Wildman–Crippen LogP) is 3.60. The fraction of sp³-hybridized carbons (Fsp3) is 0.368. The second-order valence-electron chi connectivity index (χ2n) is 7.05. The highest BCUT2D eigenvalue weighted by Crippen LogP contribution is 2.41. The molecule has 0 unspecified atom stereocenters. The molecule has 0 aliphatic heterocycles. The lowest BCUT2D eigenvalue weighted by molar-refractivity contribution is 0.506. The van der Waals surface area contributed by atoms with Crippen LogP contribution in [0.25, 0.3) is 11.5 Å². The number of aromatic amines is 1. The number of aryl methyl sites for hydroxylation is 2. The van der Waals surface area contributed by atoms with Gasteiger partial charge in [-0.15, -0.1) is 10.2 Å². The summed E-state index contributed by atoms with van der Waals surface area (Å²) in [6, 6.07) is 9.08. The third kappa shape index (κ3) is 3.42. The van der Waals surface area contributed by atoms with Gasteiger partial charge < -0.3 is 9.40 Å². The van der Waals surface area contributed by atoms with E-state index in [4.69, 9.17) is 4.42 Å². The van der Waals surface area contributed by atoms with Crippen LogP contribution in [0.2, 0.25) is 0 Å². The standard InChI is InChI=1S/C19H22N4O3S/c1-11(14-7-5-4-6-8-14)23-27(24,25)17-13(3)20-12(2)16(17)19-22-21-18(26-19)15-9-10-15/h4-8,11,15,20,23H,9-10H2,1-3H3/t11-/m1/s1. The van der Waals surface area contributed by atoms with E-state index < -0.39 is 10.0 Å². The Morgan fingerprint density at radius 2 is 1.85 bits per heavy atom. The normalized spacial score (nSPS) is 15.8. The van der Waals surface area contributed by atoms with E-state index in [9.17, 15) is 8.42 Å². The Hall–Kier alpha value is -2.45. The Balaban J connectivity index is 1.71. The summed E-state index contributed by atoms with van der Waals surface area (Å²) in [4.78, 5) is 3.26. The summed E-state index contributed by atoms with van der Waals surface area (Å²) in [7, 11) is -3.80. The zero-order chi connectivity index (χ0) is 19.2. The molecule has 3 aromatic rings. The van der Waals surface area contributed by atoms with Crippen LogP contribution >= 0.6 is 0 Å². The monoisotopic (exact) mass is 386 g/mol. The van der Waals surface area contributed by atoms with E-state index in [1.807, 2.05) is 44.2 Å². The maximum atomic E-state index is 13.2. The van der Waals surface area contributed by atoms with Gasteiger partial charge in [0.15, 0.2) is 0 Å². The minimum atomic E-state index is -3.80. The Morgan fingerprint density at radius 3 is 2.52 bits per heavy atom. The molecule has 2 aromatic heterocycles. The van der Waals surface area contributed by atoms with Crippen molar-refractivity contribution >= 4 is 10.0 Å². The molecule has 142 valence electrons. The van der Waals surface area contributed by atoms with Crippen LogP contribution in [-0.2, 0) is 10.0 Å². The summed E-state index contributed by atoms with van der Waals surface area (Å²) in [5, 5.41) is 8.20. The number of aromatic nitrogens is 3. The number of hydrogen-bond donors (Lipinski definition) is 2. The smallest absolute Gasteiger partial charge is 0.250 e. The van der Waals surface area contributed by atoms with Crippen molar-refractivity contribution in [2.75, 3.05) is 0 Å². The van der Waals surface area contributed by atoms with Gasteiger partial charge in [0, 0.05) is 23.3 Å². The Morgan fingerprint density at radius 1 is 1.15 bits per heavy atom. The maximum absolute atomic E-state index is 13.2. The van der Waals surface area contributed by atoms with E-state index >= 15 is 0 Å². The highest BCUT2D eigenvalue weighted by molar-refractivity contribution is 7.89. The van der Waals surface area contributed by atoms with Crippen molar-refractivity contribution in [3.8, 4) is 11.5 Å². The topological polar surface area (TPSA) is 101 Å². The molecule has 1 aromatic carbocycles. The van der Waals surface area contributed by atoms with Crippen molar-refractivity contribution in [1.29, 1.82) is 0 Å². The lowest BCUT2D eigenvalue weighted by atomic mass is 10.1. The second kappa shape index (κ2) is 6.61. The number of H-pyrrole nitrogens is 1. The fourth-order valence-corrected chi connectivity index (χ4v) is 4.97. The molecule has 0 amide bonds. The van der Waals surface area contributed by atoms with E-state index in [-0.39, 0.29) is 16.8 Å². The van der Waals surface area contributed by atoms with Crippen LogP contribution < -0.4 is 4.72 Å². The van der Waals surface area contributed by atoms with Crippen LogP contribution in [0, 0.1) is 13.8 Å². The van der Waals surface area contributed by atoms with Crippen molar-refractivity contribution in [3.63, 3.8) is 0 Å². The Kier molecular flexibility index (Phi) is 4.39. The van der Waals surface area contributed by atoms with Gasteiger partial charge in [-0.2, -0.15) is 0 Å². The summed E-state index contributed by atoms with van der Waals surface area (Å²) in [6.45, 7) is 5.36. The number of nitrogens with zero attached hydrogens (tertiary/aromatic N) is 2. The highest BCUT2D eigenvalue weighted by atomic mass is 32.2. The quantitative estimate of drug-likeness (QED) is 0.674. The molecular formula is C19H22N4O3S. The lowest BCUT2D eigenvalue weighted by Gasteiger charge is -2.15. The van der Waals surface area contributed by atoms with Gasteiger partial charge in [-0.1, -0.05) is 30.3 Å². The molecule has 1 saturated carbocycles. The highest BCUT2D eigenvalue weighted by Gasteiger charge is 2.33. The van der Waals surface area contributed by atoms with Gasteiger partial charge >= 0.3 is 0 Å². The van der Waals surface area contributed by atoms with Crippen LogP contribution in [0.4, 0.5) is 0 Å². The van der Waals surface area contributed by atoms with Crippen molar-refractivity contribution in [2.24, 2.45) is 0 Å². The van der Waals surface area contributed by atoms with Crippen LogP contribution in [-0.4, -0.2) is 23.6 Å². The molecule has 0 bridgehead atoms. The minimum absolute atomic E-state index is 0.161. The molecular weight excluding hydrogens is 364 g/mol. The predicted molar refractivity (Wildman–Crippen MR) is 101 cm³/mol. The molecule has 0 saturated heterocycles. The summed E-state index contributed by atoms with van der Waals surface area (Å²) in [5.41, 5.74) is 2.56. The molecule has 1 fully saturated rings. The maximum Gasteiger partial charge on any atom is 0.250 e. The van der Waals surface area contributed by atoms with Crippen molar-refractivity contribution in [2.45, 2.75) is 50.5 Å². The zero-order valence-electron chi connectivity index (χ0n) is 15.5. The van der Waals surface area contributed by atoms with E-state index in [1.165, 1.54) is 0 Å². The van der Waals surface area contributed by atoms with Crippen LogP contribution in [0.1, 0.15) is 54.6 Å². The molecule has 27 heavy (non-hydrogen) atoms. The third-order valence-corrected chi connectivity index (χ3v) is 6.51. The lowest BCUT2D eigenvalue weighted by Crippen LogP contribution is -2.27. The van der Waals surface area contributed by atoms with Gasteiger partial charge in [0.25, 0.3) is 5.89 Å². The molecule has 8 heteroatoms. The number of rotatable bonds is 6. The molecule has 1 atom stereocenters. The van der Waals surface area contributed by atoms with E-state index in [1.54, 1.807) is 6.92 Å². The molecule has 7 nitrogen and oxygen atoms in total. The third-order valence-electron chi connectivity index (χ3n) is 4.80. The summed E-state index contributed by atoms with van der Waals surface area (Å²) in [5.74, 6) is 1.13. The van der Waals surface area contributed by atoms with E-state index in [0.29, 0.717) is 28.8 Å². The average Bonchev–Trinajstić information content (AvgIpc) is 3.28. The first-order chi connectivity index (χ1) is 12.9. The first-order valence-electron chi connectivity index (χ1n) is 8.97. The van der Waals surface area contributed by atoms with Gasteiger partial charge in [0.1, 0.15) is 4.90 Å². The molecule has 0 radical (unpaired) electrons. The SMILES string of the molecule is Cc1[nH]c(C)c(S(=O)(=O)N[C@H](C)c2ccccc2)c1-c1nnc(C2CC2)o1. The molecule has 4 rings (SSSR count). The van der Waals surface area contributed by atoms with Crippen molar-refractivity contribution in [3.05, 3.63) is 53.2 Å². The van der Waals surface area contributed by atoms with Gasteiger partial charge in [-0.05, 0) is 39.2 Å². The Bertz CT molecular complexity index is 1070.